The molecule has 4 atom stereocenters. The van der Waals surface area contributed by atoms with Crippen LogP contribution in [0.5, 0.6) is 0 Å². The fraction of sp³-hybridized carbons (Fsp3) is 0.480. The summed E-state index contributed by atoms with van der Waals surface area (Å²) < 4.78 is 7.03. The van der Waals surface area contributed by atoms with E-state index in [4.69, 9.17) is 4.74 Å². The van der Waals surface area contributed by atoms with Crippen molar-refractivity contribution in [1.29, 1.82) is 0 Å². The van der Waals surface area contributed by atoms with Gasteiger partial charge >= 0.3 is 0 Å². The molecule has 160 valence electrons. The van der Waals surface area contributed by atoms with Crippen molar-refractivity contribution in [1.82, 2.24) is 4.90 Å². The molecule has 1 amide bonds. The lowest BCUT2D eigenvalue weighted by atomic mass is 9.84. The maximum Gasteiger partial charge on any atom is 0.228 e. The number of nitrogens with zero attached hydrogens (tertiary/aromatic N) is 1. The van der Waals surface area contributed by atoms with Gasteiger partial charge in [-0.25, -0.2) is 0 Å². The molecule has 30 heavy (non-hydrogen) atoms. The van der Waals surface area contributed by atoms with Crippen LogP contribution in [-0.2, 0) is 22.4 Å². The number of halogens is 1. The summed E-state index contributed by atoms with van der Waals surface area (Å²) in [5, 5.41) is 10.4. The van der Waals surface area contributed by atoms with Gasteiger partial charge in [0.05, 0.1) is 18.2 Å². The molecule has 2 aliphatic rings. The summed E-state index contributed by atoms with van der Waals surface area (Å²) in [6, 6.07) is 18.5. The van der Waals surface area contributed by atoms with Gasteiger partial charge in [-0.1, -0.05) is 77.2 Å². The van der Waals surface area contributed by atoms with Crippen LogP contribution in [0.3, 0.4) is 0 Å². The quantitative estimate of drug-likeness (QED) is 0.446. The van der Waals surface area contributed by atoms with Gasteiger partial charge in [0.25, 0.3) is 0 Å². The first-order chi connectivity index (χ1) is 14.4. The fourth-order valence-corrected chi connectivity index (χ4v) is 5.42. The van der Waals surface area contributed by atoms with Crippen molar-refractivity contribution >= 4 is 28.5 Å². The molecule has 1 fully saturated rings. The van der Waals surface area contributed by atoms with Gasteiger partial charge in [-0.15, -0.1) is 0 Å². The van der Waals surface area contributed by atoms with E-state index < -0.39 is 11.8 Å². The summed E-state index contributed by atoms with van der Waals surface area (Å²) >= 11 is 2.19. The molecule has 0 saturated carbocycles. The topological polar surface area (TPSA) is 49.8 Å². The summed E-state index contributed by atoms with van der Waals surface area (Å²) in [4.78, 5) is 16.0. The second kappa shape index (κ2) is 8.97. The Kier molecular flexibility index (Phi) is 6.51. The van der Waals surface area contributed by atoms with Gasteiger partial charge < -0.3 is 14.7 Å². The molecule has 4 nitrogen and oxygen atoms in total. The zero-order valence-corrected chi connectivity index (χ0v) is 19.8. The van der Waals surface area contributed by atoms with E-state index in [1.54, 1.807) is 0 Å². The SMILES string of the molecule is CC1(C)O[C@@H]2CCc3ccccc3[C@@H]2N1C(=O)[C@H](Cc1ccccc1)C[C@H](O)CI. The van der Waals surface area contributed by atoms with E-state index in [1.807, 2.05) is 36.9 Å². The number of carbonyl (C=O) groups excluding carboxylic acids is 1. The molecule has 0 bridgehead atoms. The Morgan fingerprint density at radius 1 is 1.20 bits per heavy atom. The Hall–Kier alpha value is -1.44. The molecule has 1 aliphatic heterocycles. The van der Waals surface area contributed by atoms with Crippen molar-refractivity contribution in [2.24, 2.45) is 5.92 Å². The second-order valence-electron chi connectivity index (χ2n) is 8.92. The number of alkyl halides is 1. The Balaban J connectivity index is 1.68. The fourth-order valence-electron chi connectivity index (χ4n) is 5.06. The van der Waals surface area contributed by atoms with E-state index in [-0.39, 0.29) is 24.0 Å². The van der Waals surface area contributed by atoms with E-state index in [1.165, 1.54) is 11.1 Å². The molecule has 0 aromatic heterocycles. The Bertz CT molecular complexity index is 885. The summed E-state index contributed by atoms with van der Waals surface area (Å²) in [6.45, 7) is 4.00. The zero-order chi connectivity index (χ0) is 21.3. The lowest BCUT2D eigenvalue weighted by Gasteiger charge is -2.38. The first-order valence-electron chi connectivity index (χ1n) is 10.8. The van der Waals surface area contributed by atoms with Crippen LogP contribution in [0.15, 0.2) is 54.6 Å². The van der Waals surface area contributed by atoms with Crippen LogP contribution < -0.4 is 0 Å². The Morgan fingerprint density at radius 2 is 1.90 bits per heavy atom. The highest BCUT2D eigenvalue weighted by atomic mass is 127. The van der Waals surface area contributed by atoms with Crippen LogP contribution in [0.25, 0.3) is 0 Å². The predicted molar refractivity (Wildman–Crippen MR) is 126 cm³/mol. The monoisotopic (exact) mass is 519 g/mol. The number of aliphatic hydroxyl groups excluding tert-OH is 1. The number of fused-ring (bicyclic) bond motifs is 3. The van der Waals surface area contributed by atoms with Crippen LogP contribution in [0.4, 0.5) is 0 Å². The third kappa shape index (κ3) is 4.30. The van der Waals surface area contributed by atoms with Gasteiger partial charge in [-0.05, 0) is 56.2 Å². The average Bonchev–Trinajstić information content (AvgIpc) is 3.03. The van der Waals surface area contributed by atoms with Gasteiger partial charge in [-0.3, -0.25) is 4.79 Å². The molecule has 2 aromatic carbocycles. The molecule has 5 heteroatoms. The van der Waals surface area contributed by atoms with Crippen molar-refractivity contribution in [3.05, 3.63) is 71.3 Å². The molecular weight excluding hydrogens is 489 g/mol. The smallest absolute Gasteiger partial charge is 0.228 e. The van der Waals surface area contributed by atoms with Crippen molar-refractivity contribution in [3.63, 3.8) is 0 Å². The third-order valence-electron chi connectivity index (χ3n) is 6.37. The lowest BCUT2D eigenvalue weighted by molar-refractivity contribution is -0.152. The van der Waals surface area contributed by atoms with E-state index in [0.29, 0.717) is 17.3 Å². The van der Waals surface area contributed by atoms with Crippen molar-refractivity contribution in [3.8, 4) is 0 Å². The number of aryl methyl sites for hydroxylation is 1. The minimum absolute atomic E-state index is 0.0192. The van der Waals surface area contributed by atoms with E-state index >= 15 is 0 Å². The standard InChI is InChI=1S/C25H30INO3/c1-25(2)27(23-21-11-7-6-10-18(21)12-13-22(23)30-25)24(29)19(15-20(28)16-26)14-17-8-4-3-5-9-17/h3-11,19-20,22-23,28H,12-16H2,1-2H3/t19-,20+,22-,23+/m1/s1. The van der Waals surface area contributed by atoms with E-state index in [2.05, 4.69) is 59.0 Å². The van der Waals surface area contributed by atoms with Crippen LogP contribution in [0.1, 0.15) is 49.4 Å². The van der Waals surface area contributed by atoms with Crippen LogP contribution in [-0.4, -0.2) is 38.3 Å². The predicted octanol–water partition coefficient (Wildman–Crippen LogP) is 4.68. The summed E-state index contributed by atoms with van der Waals surface area (Å²) in [6.07, 6.45) is 2.52. The highest BCUT2D eigenvalue weighted by Crippen LogP contribution is 2.47. The van der Waals surface area contributed by atoms with Gasteiger partial charge in [0.2, 0.25) is 5.91 Å². The zero-order valence-electron chi connectivity index (χ0n) is 17.6. The highest BCUT2D eigenvalue weighted by molar-refractivity contribution is 14.1. The van der Waals surface area contributed by atoms with Gasteiger partial charge in [0.1, 0.15) is 5.72 Å². The first-order valence-corrected chi connectivity index (χ1v) is 12.3. The Morgan fingerprint density at radius 3 is 2.63 bits per heavy atom. The molecular formula is C25H30INO3. The van der Waals surface area contributed by atoms with Gasteiger partial charge in [-0.2, -0.15) is 0 Å². The van der Waals surface area contributed by atoms with Gasteiger partial charge in [0, 0.05) is 10.3 Å². The summed E-state index contributed by atoms with van der Waals surface area (Å²) in [5.74, 6) is -0.204. The minimum atomic E-state index is -0.673. The number of hydrogen-bond acceptors (Lipinski definition) is 3. The van der Waals surface area contributed by atoms with Crippen molar-refractivity contribution in [2.45, 2.75) is 63.5 Å². The number of hydrogen-bond donors (Lipinski definition) is 1. The van der Waals surface area contributed by atoms with Crippen LogP contribution in [0, 0.1) is 5.92 Å². The number of rotatable bonds is 6. The highest BCUT2D eigenvalue weighted by Gasteiger charge is 2.53. The largest absolute Gasteiger partial charge is 0.392 e. The molecule has 0 spiro atoms. The lowest BCUT2D eigenvalue weighted by Crippen LogP contribution is -2.49. The molecule has 1 N–H and O–H groups in total. The van der Waals surface area contributed by atoms with Crippen molar-refractivity contribution < 1.29 is 14.6 Å². The summed E-state index contributed by atoms with van der Waals surface area (Å²) in [5.41, 5.74) is 2.97. The molecule has 1 heterocycles. The average molecular weight is 519 g/mol. The second-order valence-corrected chi connectivity index (χ2v) is 9.80. The van der Waals surface area contributed by atoms with E-state index in [9.17, 15) is 9.90 Å². The molecule has 4 rings (SSSR count). The van der Waals surface area contributed by atoms with Gasteiger partial charge in [0.15, 0.2) is 0 Å². The van der Waals surface area contributed by atoms with E-state index in [0.717, 1.165) is 18.4 Å². The molecule has 0 radical (unpaired) electrons. The summed E-state index contributed by atoms with van der Waals surface area (Å²) in [7, 11) is 0. The normalized spacial score (nSPS) is 24.1. The minimum Gasteiger partial charge on any atom is -0.392 e. The molecule has 0 unspecified atom stereocenters. The molecule has 1 aliphatic carbocycles. The first kappa shape index (κ1) is 21.8. The Labute approximate surface area is 192 Å². The maximum absolute atomic E-state index is 14.0. The molecule has 2 aromatic rings. The van der Waals surface area contributed by atoms with Crippen LogP contribution in [0.2, 0.25) is 0 Å². The molecule has 1 saturated heterocycles. The number of amides is 1. The number of ether oxygens (including phenoxy) is 1. The van der Waals surface area contributed by atoms with Crippen LogP contribution >= 0.6 is 22.6 Å². The van der Waals surface area contributed by atoms with Crippen molar-refractivity contribution in [2.75, 3.05) is 4.43 Å². The number of benzene rings is 2. The third-order valence-corrected chi connectivity index (χ3v) is 7.39. The number of carbonyl (C=O) groups is 1. The maximum atomic E-state index is 14.0. The number of aliphatic hydroxyl groups is 1.